The van der Waals surface area contributed by atoms with Crippen molar-refractivity contribution in [3.8, 4) is 0 Å². The van der Waals surface area contributed by atoms with Crippen LogP contribution in [0.5, 0.6) is 0 Å². The van der Waals surface area contributed by atoms with Crippen LogP contribution < -0.4 is 21.5 Å². The van der Waals surface area contributed by atoms with E-state index in [0.717, 1.165) is 32.1 Å². The number of aromatic nitrogens is 4. The maximum Gasteiger partial charge on any atom is 0.274 e. The summed E-state index contributed by atoms with van der Waals surface area (Å²) in [6, 6.07) is 4.91. The average Bonchev–Trinajstić information content (AvgIpc) is 3.27. The Balaban J connectivity index is 1.45. The third-order valence-electron chi connectivity index (χ3n) is 7.09. The van der Waals surface area contributed by atoms with Gasteiger partial charge in [0.05, 0.1) is 30.5 Å². The average molecular weight is 482 g/mol. The van der Waals surface area contributed by atoms with Crippen LogP contribution in [0.2, 0.25) is 0 Å². The molecule has 0 bridgehead atoms. The molecule has 3 aromatic rings. The van der Waals surface area contributed by atoms with E-state index in [1.54, 1.807) is 47.6 Å². The third kappa shape index (κ3) is 4.37. The summed E-state index contributed by atoms with van der Waals surface area (Å²) >= 11 is 0. The largest absolute Gasteiger partial charge is 0.391 e. The molecule has 11 nitrogen and oxygen atoms in total. The normalized spacial score (nSPS) is 24.1. The molecule has 5 rings (SSSR count). The number of hydrogen-bond acceptors (Lipinski definition) is 8. The Bertz CT molecular complexity index is 1280. The fourth-order valence-corrected chi connectivity index (χ4v) is 4.95. The van der Waals surface area contributed by atoms with Crippen LogP contribution in [0.4, 0.5) is 17.3 Å². The lowest BCUT2D eigenvalue weighted by Crippen LogP contribution is -2.51. The molecule has 4 N–H and O–H groups in total. The van der Waals surface area contributed by atoms with Gasteiger partial charge in [0, 0.05) is 26.4 Å². The number of rotatable bonds is 7. The Labute approximate surface area is 202 Å². The number of carbonyl (C=O) groups excluding carboxylic acids is 1. The summed E-state index contributed by atoms with van der Waals surface area (Å²) in [4.78, 5) is 30.8. The number of aliphatic hydroxyl groups excluding tert-OH is 1. The number of aliphatic hydroxyl groups is 1. The number of amides is 1. The Morgan fingerprint density at radius 3 is 2.77 bits per heavy atom. The molecular weight excluding hydrogens is 450 g/mol. The quantitative estimate of drug-likeness (QED) is 0.403. The van der Waals surface area contributed by atoms with Crippen LogP contribution in [0, 0.1) is 0 Å². The van der Waals surface area contributed by atoms with Gasteiger partial charge in [0.2, 0.25) is 0 Å². The minimum atomic E-state index is -0.539. The maximum atomic E-state index is 13.2. The first-order valence-electron chi connectivity index (χ1n) is 12.1. The Morgan fingerprint density at radius 1 is 1.23 bits per heavy atom. The Morgan fingerprint density at radius 2 is 2.06 bits per heavy atom. The molecule has 2 saturated carbocycles. The van der Waals surface area contributed by atoms with Gasteiger partial charge in [-0.2, -0.15) is 9.61 Å². The minimum absolute atomic E-state index is 0.0155. The van der Waals surface area contributed by atoms with Gasteiger partial charge in [0.15, 0.2) is 5.65 Å². The first-order chi connectivity index (χ1) is 17.0. The molecule has 1 amide bonds. The summed E-state index contributed by atoms with van der Waals surface area (Å²) in [7, 11) is 3.39. The number of methoxy groups -OCH3 is 1. The topological polar surface area (TPSA) is 135 Å². The zero-order valence-corrected chi connectivity index (χ0v) is 19.9. The lowest BCUT2D eigenvalue weighted by molar-refractivity contribution is 0.00732. The fourth-order valence-electron chi connectivity index (χ4n) is 4.95. The summed E-state index contributed by atoms with van der Waals surface area (Å²) in [5, 5.41) is 23.9. The predicted octanol–water partition coefficient (Wildman–Crippen LogP) is 2.06. The Hall–Kier alpha value is -3.44. The highest BCUT2D eigenvalue weighted by Crippen LogP contribution is 2.28. The fraction of sp³-hybridized carbons (Fsp3) is 0.500. The molecule has 0 radical (unpaired) electrons. The SMILES string of the molecule is CNc1cc(Nc2cccn([C@@H]3CCCC[C@@H]3O)c2=O)nc2c(C(=O)N[C@@H]3CC[C@H]3OC)cnn12. The van der Waals surface area contributed by atoms with Crippen LogP contribution in [0.1, 0.15) is 54.9 Å². The smallest absolute Gasteiger partial charge is 0.274 e. The van der Waals surface area contributed by atoms with Crippen molar-refractivity contribution in [3.05, 3.63) is 46.5 Å². The third-order valence-corrected chi connectivity index (χ3v) is 7.09. The molecule has 186 valence electrons. The van der Waals surface area contributed by atoms with Crippen molar-refractivity contribution in [1.82, 2.24) is 24.5 Å². The standard InChI is InChI=1S/C24H31N7O4/c1-25-21-12-20(27-16-6-5-11-30(24(16)34)17-7-3-4-8-18(17)32)29-22-14(13-26-31(21)22)23(33)28-15-9-10-19(15)35-2/h5-6,11-13,15,17-19,25,32H,3-4,7-10H2,1-2H3,(H,27,29)(H,28,33)/t15-,17-,18+,19-/m1/s1. The van der Waals surface area contributed by atoms with Gasteiger partial charge in [-0.25, -0.2) is 4.98 Å². The Kier molecular flexibility index (Phi) is 6.44. The van der Waals surface area contributed by atoms with Crippen LogP contribution in [0.15, 0.2) is 35.4 Å². The monoisotopic (exact) mass is 481 g/mol. The molecule has 35 heavy (non-hydrogen) atoms. The van der Waals surface area contributed by atoms with E-state index < -0.39 is 6.10 Å². The molecule has 11 heteroatoms. The van der Waals surface area contributed by atoms with Crippen LogP contribution in [0.25, 0.3) is 5.65 Å². The van der Waals surface area contributed by atoms with Gasteiger partial charge in [-0.3, -0.25) is 9.59 Å². The van der Waals surface area contributed by atoms with E-state index in [-0.39, 0.29) is 29.7 Å². The van der Waals surface area contributed by atoms with Gasteiger partial charge in [-0.05, 0) is 37.8 Å². The van der Waals surface area contributed by atoms with E-state index in [1.165, 1.54) is 6.20 Å². The molecule has 0 saturated heterocycles. The van der Waals surface area contributed by atoms with Crippen molar-refractivity contribution in [2.24, 2.45) is 0 Å². The number of pyridine rings is 1. The zero-order valence-electron chi connectivity index (χ0n) is 19.9. The predicted molar refractivity (Wildman–Crippen MR) is 131 cm³/mol. The molecule has 2 aliphatic carbocycles. The zero-order chi connectivity index (χ0) is 24.5. The highest BCUT2D eigenvalue weighted by molar-refractivity contribution is 6.00. The molecule has 3 heterocycles. The summed E-state index contributed by atoms with van der Waals surface area (Å²) in [6.07, 6.45) is 7.86. The number of ether oxygens (including phenoxy) is 1. The van der Waals surface area contributed by atoms with Crippen LogP contribution in [-0.4, -0.2) is 62.6 Å². The van der Waals surface area contributed by atoms with Crippen molar-refractivity contribution in [3.63, 3.8) is 0 Å². The van der Waals surface area contributed by atoms with Crippen LogP contribution in [0.3, 0.4) is 0 Å². The second kappa shape index (κ2) is 9.67. The molecule has 0 spiro atoms. The number of hydrogen-bond donors (Lipinski definition) is 4. The summed E-state index contributed by atoms with van der Waals surface area (Å²) in [6.45, 7) is 0. The van der Waals surface area contributed by atoms with Crippen molar-refractivity contribution in [2.75, 3.05) is 24.8 Å². The number of fused-ring (bicyclic) bond motifs is 1. The van der Waals surface area contributed by atoms with Gasteiger partial charge < -0.3 is 30.4 Å². The number of carbonyl (C=O) groups is 1. The molecule has 0 unspecified atom stereocenters. The highest BCUT2D eigenvalue weighted by atomic mass is 16.5. The maximum absolute atomic E-state index is 13.2. The van der Waals surface area contributed by atoms with Gasteiger partial charge >= 0.3 is 0 Å². The van der Waals surface area contributed by atoms with E-state index in [0.29, 0.717) is 35.0 Å². The first-order valence-corrected chi connectivity index (χ1v) is 12.1. The van der Waals surface area contributed by atoms with Crippen molar-refractivity contribution in [2.45, 2.75) is 62.8 Å². The molecule has 0 aliphatic heterocycles. The van der Waals surface area contributed by atoms with Gasteiger partial charge in [-0.15, -0.1) is 0 Å². The summed E-state index contributed by atoms with van der Waals surface area (Å²) in [5.41, 5.74) is 0.812. The molecule has 3 aromatic heterocycles. The molecule has 2 aliphatic rings. The van der Waals surface area contributed by atoms with Crippen LogP contribution >= 0.6 is 0 Å². The molecule has 4 atom stereocenters. The second-order valence-electron chi connectivity index (χ2n) is 9.18. The summed E-state index contributed by atoms with van der Waals surface area (Å²) in [5.74, 6) is 0.731. The van der Waals surface area contributed by atoms with Gasteiger partial charge in [-0.1, -0.05) is 12.8 Å². The lowest BCUT2D eigenvalue weighted by Gasteiger charge is -2.35. The molecular formula is C24H31N7O4. The van der Waals surface area contributed by atoms with E-state index in [2.05, 4.69) is 26.0 Å². The van der Waals surface area contributed by atoms with E-state index >= 15 is 0 Å². The molecule has 0 aromatic carbocycles. The van der Waals surface area contributed by atoms with E-state index in [4.69, 9.17) is 4.74 Å². The van der Waals surface area contributed by atoms with Gasteiger partial charge in [0.25, 0.3) is 11.5 Å². The van der Waals surface area contributed by atoms with Crippen molar-refractivity contribution in [1.29, 1.82) is 0 Å². The number of nitrogens with zero attached hydrogens (tertiary/aromatic N) is 4. The number of anilines is 3. The lowest BCUT2D eigenvalue weighted by atomic mass is 9.89. The minimum Gasteiger partial charge on any atom is -0.391 e. The first kappa shape index (κ1) is 23.3. The number of nitrogens with one attached hydrogen (secondary N) is 3. The van der Waals surface area contributed by atoms with Crippen LogP contribution in [-0.2, 0) is 4.74 Å². The van der Waals surface area contributed by atoms with E-state index in [9.17, 15) is 14.7 Å². The van der Waals surface area contributed by atoms with Crippen molar-refractivity contribution >= 4 is 28.9 Å². The molecule has 2 fully saturated rings. The van der Waals surface area contributed by atoms with E-state index in [1.807, 2.05) is 0 Å². The van der Waals surface area contributed by atoms with Crippen molar-refractivity contribution < 1.29 is 14.6 Å². The van der Waals surface area contributed by atoms with Gasteiger partial charge in [0.1, 0.15) is 22.9 Å². The summed E-state index contributed by atoms with van der Waals surface area (Å²) < 4.78 is 8.53. The highest BCUT2D eigenvalue weighted by Gasteiger charge is 2.33. The second-order valence-corrected chi connectivity index (χ2v) is 9.18.